The Hall–Kier alpha value is -1.79. The summed E-state index contributed by atoms with van der Waals surface area (Å²) in [5, 5.41) is 7.08. The molecule has 22 heavy (non-hydrogen) atoms. The van der Waals surface area contributed by atoms with Crippen LogP contribution in [0.4, 0.5) is 0 Å². The van der Waals surface area contributed by atoms with E-state index in [1.807, 2.05) is 18.2 Å². The van der Waals surface area contributed by atoms with Crippen molar-refractivity contribution in [3.63, 3.8) is 0 Å². The summed E-state index contributed by atoms with van der Waals surface area (Å²) in [4.78, 5) is 4.09. The molecular formula is C15H22ClN3O3. The number of methoxy groups -OCH3 is 1. The standard InChI is InChI=1S/C15H21N3O3.ClH/c1-10(2)16-8-12-5-6-13(14(7-12)19-4)20-9-15-17-11(3)18-21-15;/h5-7,10,16H,8-9H2,1-4H3;1H. The lowest BCUT2D eigenvalue weighted by molar-refractivity contribution is 0.233. The van der Waals surface area contributed by atoms with Gasteiger partial charge in [-0.15, -0.1) is 12.4 Å². The molecule has 1 heterocycles. The van der Waals surface area contributed by atoms with E-state index in [0.717, 1.165) is 12.1 Å². The van der Waals surface area contributed by atoms with Gasteiger partial charge in [-0.2, -0.15) is 4.98 Å². The average Bonchev–Trinajstić information content (AvgIpc) is 2.88. The van der Waals surface area contributed by atoms with Crippen molar-refractivity contribution in [2.75, 3.05) is 7.11 Å². The van der Waals surface area contributed by atoms with Crippen LogP contribution >= 0.6 is 12.4 Å². The van der Waals surface area contributed by atoms with Gasteiger partial charge < -0.3 is 19.3 Å². The molecule has 0 aliphatic heterocycles. The Bertz CT molecular complexity index is 587. The van der Waals surface area contributed by atoms with E-state index < -0.39 is 0 Å². The maximum absolute atomic E-state index is 5.67. The molecule has 0 saturated heterocycles. The number of hydrogen-bond donors (Lipinski definition) is 1. The van der Waals surface area contributed by atoms with Crippen LogP contribution < -0.4 is 14.8 Å². The minimum atomic E-state index is 0. The second-order valence-corrected chi connectivity index (χ2v) is 5.04. The van der Waals surface area contributed by atoms with Gasteiger partial charge in [0.25, 0.3) is 5.89 Å². The van der Waals surface area contributed by atoms with Crippen LogP contribution in [0.5, 0.6) is 11.5 Å². The van der Waals surface area contributed by atoms with Gasteiger partial charge in [-0.25, -0.2) is 0 Å². The van der Waals surface area contributed by atoms with Gasteiger partial charge in [-0.3, -0.25) is 0 Å². The van der Waals surface area contributed by atoms with Crippen molar-refractivity contribution in [3.8, 4) is 11.5 Å². The fourth-order valence-electron chi connectivity index (χ4n) is 1.80. The van der Waals surface area contributed by atoms with Crippen LogP contribution in [-0.4, -0.2) is 23.3 Å². The van der Waals surface area contributed by atoms with Crippen LogP contribution in [0.2, 0.25) is 0 Å². The van der Waals surface area contributed by atoms with E-state index in [0.29, 0.717) is 29.3 Å². The largest absolute Gasteiger partial charge is 0.493 e. The van der Waals surface area contributed by atoms with Crippen molar-refractivity contribution in [2.24, 2.45) is 0 Å². The Labute approximate surface area is 136 Å². The number of ether oxygens (including phenoxy) is 2. The van der Waals surface area contributed by atoms with E-state index in [1.54, 1.807) is 14.0 Å². The van der Waals surface area contributed by atoms with E-state index in [4.69, 9.17) is 14.0 Å². The molecule has 0 saturated carbocycles. The van der Waals surface area contributed by atoms with Crippen molar-refractivity contribution >= 4 is 12.4 Å². The molecule has 0 spiro atoms. The first-order valence-corrected chi connectivity index (χ1v) is 6.90. The lowest BCUT2D eigenvalue weighted by Gasteiger charge is -2.12. The molecule has 0 fully saturated rings. The molecule has 6 nitrogen and oxygen atoms in total. The Morgan fingerprint density at radius 3 is 2.64 bits per heavy atom. The van der Waals surface area contributed by atoms with E-state index in [1.165, 1.54) is 0 Å². The fraction of sp³-hybridized carbons (Fsp3) is 0.467. The third-order valence-electron chi connectivity index (χ3n) is 2.86. The van der Waals surface area contributed by atoms with Crippen LogP contribution in [0.25, 0.3) is 0 Å². The van der Waals surface area contributed by atoms with Gasteiger partial charge in [0, 0.05) is 12.6 Å². The monoisotopic (exact) mass is 327 g/mol. The number of halogens is 1. The predicted molar refractivity (Wildman–Crippen MR) is 85.6 cm³/mol. The van der Waals surface area contributed by atoms with Gasteiger partial charge in [0.05, 0.1) is 7.11 Å². The van der Waals surface area contributed by atoms with Gasteiger partial charge >= 0.3 is 0 Å². The molecule has 1 N–H and O–H groups in total. The van der Waals surface area contributed by atoms with Gasteiger partial charge in [0.15, 0.2) is 23.9 Å². The summed E-state index contributed by atoms with van der Waals surface area (Å²) in [6.07, 6.45) is 0. The molecule has 7 heteroatoms. The number of nitrogens with one attached hydrogen (secondary N) is 1. The molecule has 122 valence electrons. The van der Waals surface area contributed by atoms with Crippen molar-refractivity contribution in [3.05, 3.63) is 35.5 Å². The first-order chi connectivity index (χ1) is 10.1. The average molecular weight is 328 g/mol. The summed E-state index contributed by atoms with van der Waals surface area (Å²) < 4.78 is 16.0. The zero-order chi connectivity index (χ0) is 15.2. The first kappa shape index (κ1) is 18.3. The third-order valence-corrected chi connectivity index (χ3v) is 2.86. The summed E-state index contributed by atoms with van der Waals surface area (Å²) in [5.74, 6) is 2.38. The van der Waals surface area contributed by atoms with Crippen molar-refractivity contribution in [2.45, 2.75) is 40.0 Å². The van der Waals surface area contributed by atoms with Crippen molar-refractivity contribution in [1.29, 1.82) is 0 Å². The molecule has 0 radical (unpaired) electrons. The molecule has 2 rings (SSSR count). The quantitative estimate of drug-likeness (QED) is 0.843. The topological polar surface area (TPSA) is 69.4 Å². The van der Waals surface area contributed by atoms with Crippen LogP contribution in [-0.2, 0) is 13.2 Å². The fourth-order valence-corrected chi connectivity index (χ4v) is 1.80. The Morgan fingerprint density at radius 2 is 2.05 bits per heavy atom. The second-order valence-electron chi connectivity index (χ2n) is 5.04. The molecule has 1 aromatic carbocycles. The summed E-state index contributed by atoms with van der Waals surface area (Å²) in [5.41, 5.74) is 1.14. The van der Waals surface area contributed by atoms with E-state index in [2.05, 4.69) is 29.3 Å². The molecule has 1 aromatic heterocycles. The molecule has 0 amide bonds. The highest BCUT2D eigenvalue weighted by atomic mass is 35.5. The van der Waals surface area contributed by atoms with E-state index in [-0.39, 0.29) is 19.0 Å². The molecule has 2 aromatic rings. The van der Waals surface area contributed by atoms with Gasteiger partial charge in [0.1, 0.15) is 0 Å². The number of benzene rings is 1. The number of aryl methyl sites for hydroxylation is 1. The number of hydrogen-bond acceptors (Lipinski definition) is 6. The second kappa shape index (κ2) is 8.60. The highest BCUT2D eigenvalue weighted by Crippen LogP contribution is 2.28. The van der Waals surface area contributed by atoms with Gasteiger partial charge in [-0.1, -0.05) is 25.1 Å². The molecule has 0 bridgehead atoms. The summed E-state index contributed by atoms with van der Waals surface area (Å²) >= 11 is 0. The Morgan fingerprint density at radius 1 is 1.27 bits per heavy atom. The Kier molecular flexibility index (Phi) is 7.14. The highest BCUT2D eigenvalue weighted by molar-refractivity contribution is 5.85. The zero-order valence-corrected chi connectivity index (χ0v) is 14.1. The normalized spacial score (nSPS) is 10.4. The minimum absolute atomic E-state index is 0. The summed E-state index contributed by atoms with van der Waals surface area (Å²) in [6, 6.07) is 6.29. The summed E-state index contributed by atoms with van der Waals surface area (Å²) in [6.45, 7) is 7.00. The molecule has 0 aliphatic carbocycles. The number of aromatic nitrogens is 2. The lowest BCUT2D eigenvalue weighted by Crippen LogP contribution is -2.21. The maximum atomic E-state index is 5.67. The minimum Gasteiger partial charge on any atom is -0.493 e. The van der Waals surface area contributed by atoms with E-state index >= 15 is 0 Å². The molecule has 0 atom stereocenters. The number of nitrogens with zero attached hydrogens (tertiary/aromatic N) is 2. The van der Waals surface area contributed by atoms with Crippen molar-refractivity contribution < 1.29 is 14.0 Å². The maximum Gasteiger partial charge on any atom is 0.264 e. The number of rotatable bonds is 7. The molecular weight excluding hydrogens is 306 g/mol. The molecule has 0 aliphatic rings. The first-order valence-electron chi connectivity index (χ1n) is 6.90. The van der Waals surface area contributed by atoms with Crippen LogP contribution in [0.1, 0.15) is 31.1 Å². The third kappa shape index (κ3) is 5.20. The van der Waals surface area contributed by atoms with Crippen LogP contribution in [0, 0.1) is 6.92 Å². The van der Waals surface area contributed by atoms with Crippen LogP contribution in [0.15, 0.2) is 22.7 Å². The van der Waals surface area contributed by atoms with Crippen molar-refractivity contribution in [1.82, 2.24) is 15.5 Å². The van der Waals surface area contributed by atoms with Gasteiger partial charge in [0.2, 0.25) is 0 Å². The van der Waals surface area contributed by atoms with Crippen LogP contribution in [0.3, 0.4) is 0 Å². The molecule has 0 unspecified atom stereocenters. The van der Waals surface area contributed by atoms with E-state index in [9.17, 15) is 0 Å². The zero-order valence-electron chi connectivity index (χ0n) is 13.3. The SMILES string of the molecule is COc1cc(CNC(C)C)ccc1OCc1nc(C)no1.Cl. The Balaban J connectivity index is 0.00000242. The predicted octanol–water partition coefficient (Wildman–Crippen LogP) is 2.89. The summed E-state index contributed by atoms with van der Waals surface area (Å²) in [7, 11) is 1.62. The smallest absolute Gasteiger partial charge is 0.264 e. The highest BCUT2D eigenvalue weighted by Gasteiger charge is 2.09. The van der Waals surface area contributed by atoms with Gasteiger partial charge in [-0.05, 0) is 24.6 Å². The lowest BCUT2D eigenvalue weighted by atomic mass is 10.2.